The number of carbonyl (C=O) groups is 1. The van der Waals surface area contributed by atoms with Gasteiger partial charge in [-0.2, -0.15) is 4.98 Å². The average Bonchev–Trinajstić information content (AvgIpc) is 3.21. The fraction of sp³-hybridized carbons (Fsp3) is 0.800. The van der Waals surface area contributed by atoms with Gasteiger partial charge in [0.2, 0.25) is 11.8 Å². The summed E-state index contributed by atoms with van der Waals surface area (Å²) in [4.78, 5) is 20.7. The number of hydrogen-bond donors (Lipinski definition) is 0. The van der Waals surface area contributed by atoms with E-state index in [1.807, 2.05) is 4.90 Å². The van der Waals surface area contributed by atoms with Gasteiger partial charge in [-0.15, -0.1) is 0 Å². The molecule has 1 aromatic rings. The molecule has 0 N–H and O–H groups in total. The zero-order valence-electron chi connectivity index (χ0n) is 13.2. The van der Waals surface area contributed by atoms with Crippen molar-refractivity contribution in [2.24, 2.45) is 0 Å². The van der Waals surface area contributed by atoms with Crippen LogP contribution >= 0.6 is 0 Å². The van der Waals surface area contributed by atoms with Crippen molar-refractivity contribution in [2.45, 2.75) is 45.3 Å². The molecule has 7 heteroatoms. The van der Waals surface area contributed by atoms with Gasteiger partial charge in [-0.1, -0.05) is 5.16 Å². The lowest BCUT2D eigenvalue weighted by atomic mass is 10.2. The fourth-order valence-corrected chi connectivity index (χ4v) is 3.12. The minimum absolute atomic E-state index is 0.190. The minimum Gasteiger partial charge on any atom is -0.377 e. The largest absolute Gasteiger partial charge is 0.377 e. The molecule has 1 atom stereocenters. The molecule has 122 valence electrons. The first-order valence-electron chi connectivity index (χ1n) is 8.11. The molecule has 0 bridgehead atoms. The topological polar surface area (TPSA) is 71.7 Å². The van der Waals surface area contributed by atoms with Crippen LogP contribution in [0.4, 0.5) is 0 Å². The van der Waals surface area contributed by atoms with Crippen LogP contribution in [0.5, 0.6) is 0 Å². The molecule has 3 heterocycles. The Morgan fingerprint density at radius 3 is 2.82 bits per heavy atom. The van der Waals surface area contributed by atoms with Gasteiger partial charge >= 0.3 is 0 Å². The van der Waals surface area contributed by atoms with E-state index in [1.54, 1.807) is 6.92 Å². The zero-order valence-corrected chi connectivity index (χ0v) is 13.2. The molecule has 0 aromatic carbocycles. The van der Waals surface area contributed by atoms with Crippen molar-refractivity contribution < 1.29 is 14.1 Å². The Kier molecular flexibility index (Phi) is 5.04. The van der Waals surface area contributed by atoms with Crippen LogP contribution in [0.2, 0.25) is 0 Å². The molecular formula is C15H24N4O3. The van der Waals surface area contributed by atoms with Crippen LogP contribution in [0, 0.1) is 6.92 Å². The van der Waals surface area contributed by atoms with E-state index in [2.05, 4.69) is 15.0 Å². The normalized spacial score (nSPS) is 21.9. The first-order valence-corrected chi connectivity index (χ1v) is 8.11. The van der Waals surface area contributed by atoms with Crippen LogP contribution in [0.25, 0.3) is 0 Å². The van der Waals surface area contributed by atoms with E-state index >= 15 is 0 Å². The Hall–Kier alpha value is -1.47. The summed E-state index contributed by atoms with van der Waals surface area (Å²) in [6.45, 7) is 6.02. The quantitative estimate of drug-likeness (QED) is 0.780. The number of carbonyl (C=O) groups excluding carboxylic acids is 1. The fourth-order valence-electron chi connectivity index (χ4n) is 3.12. The van der Waals surface area contributed by atoms with E-state index < -0.39 is 0 Å². The highest BCUT2D eigenvalue weighted by Crippen LogP contribution is 2.15. The molecule has 7 nitrogen and oxygen atoms in total. The third-order valence-electron chi connectivity index (χ3n) is 4.24. The molecule has 1 amide bonds. The Morgan fingerprint density at radius 2 is 2.18 bits per heavy atom. The van der Waals surface area contributed by atoms with E-state index in [4.69, 9.17) is 9.26 Å². The second-order valence-electron chi connectivity index (χ2n) is 6.12. The lowest BCUT2D eigenvalue weighted by molar-refractivity contribution is -0.131. The van der Waals surface area contributed by atoms with Crippen LogP contribution in [0.3, 0.4) is 0 Å². The third-order valence-corrected chi connectivity index (χ3v) is 4.24. The van der Waals surface area contributed by atoms with E-state index in [9.17, 15) is 4.79 Å². The highest BCUT2D eigenvalue weighted by Gasteiger charge is 2.25. The van der Waals surface area contributed by atoms with E-state index in [-0.39, 0.29) is 12.0 Å². The van der Waals surface area contributed by atoms with Crippen molar-refractivity contribution in [1.82, 2.24) is 19.9 Å². The number of ether oxygens (including phenoxy) is 1. The number of amides is 1. The van der Waals surface area contributed by atoms with Crippen molar-refractivity contribution in [2.75, 3.05) is 32.8 Å². The summed E-state index contributed by atoms with van der Waals surface area (Å²) in [6.07, 6.45) is 4.59. The van der Waals surface area contributed by atoms with Crippen LogP contribution in [0.1, 0.15) is 37.4 Å². The smallest absolute Gasteiger partial charge is 0.236 e. The van der Waals surface area contributed by atoms with Gasteiger partial charge in [-0.25, -0.2) is 0 Å². The molecule has 1 aromatic heterocycles. The number of aryl methyl sites for hydroxylation is 1. The summed E-state index contributed by atoms with van der Waals surface area (Å²) in [5, 5.41) is 3.94. The van der Waals surface area contributed by atoms with Crippen molar-refractivity contribution in [3.05, 3.63) is 11.7 Å². The second-order valence-corrected chi connectivity index (χ2v) is 6.12. The van der Waals surface area contributed by atoms with E-state index in [0.29, 0.717) is 24.8 Å². The molecule has 0 radical (unpaired) electrons. The highest BCUT2D eigenvalue weighted by atomic mass is 16.5. The van der Waals surface area contributed by atoms with Crippen molar-refractivity contribution >= 4 is 5.91 Å². The van der Waals surface area contributed by atoms with E-state index in [1.165, 1.54) is 0 Å². The van der Waals surface area contributed by atoms with Crippen LogP contribution in [-0.4, -0.2) is 64.7 Å². The first-order chi connectivity index (χ1) is 10.7. The summed E-state index contributed by atoms with van der Waals surface area (Å²) >= 11 is 0. The summed E-state index contributed by atoms with van der Waals surface area (Å²) in [6, 6.07) is 0. The predicted octanol–water partition coefficient (Wildman–Crippen LogP) is 0.981. The molecular weight excluding hydrogens is 284 g/mol. The average molecular weight is 308 g/mol. The zero-order chi connectivity index (χ0) is 15.4. The lowest BCUT2D eigenvalue weighted by Crippen LogP contribution is -2.41. The van der Waals surface area contributed by atoms with Crippen LogP contribution < -0.4 is 0 Å². The lowest BCUT2D eigenvalue weighted by Gasteiger charge is -2.25. The summed E-state index contributed by atoms with van der Waals surface area (Å²) in [7, 11) is 0. The molecule has 0 spiro atoms. The maximum atomic E-state index is 12.4. The van der Waals surface area contributed by atoms with Gasteiger partial charge in [-0.3, -0.25) is 9.69 Å². The maximum absolute atomic E-state index is 12.4. The third kappa shape index (κ3) is 4.04. The summed E-state index contributed by atoms with van der Waals surface area (Å²) in [5.74, 6) is 1.37. The number of nitrogens with zero attached hydrogens (tertiary/aromatic N) is 4. The molecule has 0 unspecified atom stereocenters. The first kappa shape index (κ1) is 15.4. The summed E-state index contributed by atoms with van der Waals surface area (Å²) in [5.41, 5.74) is 0. The van der Waals surface area contributed by atoms with Gasteiger partial charge in [0.1, 0.15) is 0 Å². The molecule has 22 heavy (non-hydrogen) atoms. The van der Waals surface area contributed by atoms with Gasteiger partial charge in [0, 0.05) is 33.2 Å². The molecule has 2 aliphatic heterocycles. The van der Waals surface area contributed by atoms with Crippen LogP contribution in [0.15, 0.2) is 4.52 Å². The van der Waals surface area contributed by atoms with Crippen LogP contribution in [-0.2, 0) is 16.1 Å². The standard InChI is InChI=1S/C15H24N4O3/c1-12-16-14(17-22-12)10-18(9-13-5-4-8-21-13)11-15(20)19-6-2-3-7-19/h13H,2-11H2,1H3/t13-/m0/s1. The number of likely N-dealkylation sites (tertiary alicyclic amines) is 1. The van der Waals surface area contributed by atoms with Crippen molar-refractivity contribution in [3.63, 3.8) is 0 Å². The van der Waals surface area contributed by atoms with Gasteiger partial charge in [0.05, 0.1) is 19.2 Å². The minimum atomic E-state index is 0.190. The van der Waals surface area contributed by atoms with Gasteiger partial charge in [0.25, 0.3) is 0 Å². The Morgan fingerprint density at radius 1 is 1.36 bits per heavy atom. The number of aromatic nitrogens is 2. The molecule has 0 aliphatic carbocycles. The molecule has 2 saturated heterocycles. The predicted molar refractivity (Wildman–Crippen MR) is 79.1 cm³/mol. The molecule has 2 aliphatic rings. The Bertz CT molecular complexity index is 493. The molecule has 2 fully saturated rings. The Labute approximate surface area is 130 Å². The van der Waals surface area contributed by atoms with Gasteiger partial charge < -0.3 is 14.2 Å². The van der Waals surface area contributed by atoms with Crippen molar-refractivity contribution in [1.29, 1.82) is 0 Å². The van der Waals surface area contributed by atoms with Gasteiger partial charge in [-0.05, 0) is 25.7 Å². The number of rotatable bonds is 6. The highest BCUT2D eigenvalue weighted by molar-refractivity contribution is 5.78. The second kappa shape index (κ2) is 7.19. The monoisotopic (exact) mass is 308 g/mol. The maximum Gasteiger partial charge on any atom is 0.236 e. The summed E-state index contributed by atoms with van der Waals surface area (Å²) < 4.78 is 10.7. The van der Waals surface area contributed by atoms with E-state index in [0.717, 1.165) is 51.9 Å². The SMILES string of the molecule is Cc1nc(CN(CC(=O)N2CCCC2)C[C@@H]2CCCO2)no1. The van der Waals surface area contributed by atoms with Crippen molar-refractivity contribution in [3.8, 4) is 0 Å². The number of hydrogen-bond acceptors (Lipinski definition) is 6. The van der Waals surface area contributed by atoms with Gasteiger partial charge in [0.15, 0.2) is 5.82 Å². The Balaban J connectivity index is 1.60. The molecule has 0 saturated carbocycles. The molecule has 3 rings (SSSR count).